The smallest absolute Gasteiger partial charge is 0.251 e. The molecule has 0 bridgehead atoms. The highest BCUT2D eigenvalue weighted by molar-refractivity contribution is 5.94. The number of hydrogen-bond donors (Lipinski definition) is 2. The van der Waals surface area contributed by atoms with E-state index in [0.29, 0.717) is 18.7 Å². The van der Waals surface area contributed by atoms with Gasteiger partial charge in [0, 0.05) is 25.0 Å². The van der Waals surface area contributed by atoms with Crippen LogP contribution in [0.2, 0.25) is 0 Å². The molecule has 0 unspecified atom stereocenters. The maximum Gasteiger partial charge on any atom is 0.251 e. The number of amides is 1. The molecule has 0 atom stereocenters. The first-order chi connectivity index (χ1) is 9.20. The van der Waals surface area contributed by atoms with E-state index in [9.17, 15) is 4.79 Å². The molecule has 0 radical (unpaired) electrons. The summed E-state index contributed by atoms with van der Waals surface area (Å²) in [7, 11) is 1.90. The van der Waals surface area contributed by atoms with Crippen LogP contribution in [0.25, 0.3) is 0 Å². The third-order valence-electron chi connectivity index (χ3n) is 2.98. The third kappa shape index (κ3) is 3.42. The average Bonchev–Trinajstić information content (AvgIpc) is 2.83. The van der Waals surface area contributed by atoms with Crippen LogP contribution >= 0.6 is 0 Å². The zero-order valence-corrected chi connectivity index (χ0v) is 11.0. The molecular formula is C14H18N4O. The molecule has 1 heterocycles. The van der Waals surface area contributed by atoms with E-state index in [1.54, 1.807) is 6.20 Å². The Morgan fingerprint density at radius 3 is 2.68 bits per heavy atom. The predicted octanol–water partition coefficient (Wildman–Crippen LogP) is 0.851. The van der Waals surface area contributed by atoms with E-state index in [4.69, 9.17) is 5.73 Å². The van der Waals surface area contributed by atoms with E-state index in [1.807, 2.05) is 42.1 Å². The normalized spacial score (nSPS) is 10.4. The van der Waals surface area contributed by atoms with Crippen LogP contribution in [0, 0.1) is 0 Å². The van der Waals surface area contributed by atoms with Gasteiger partial charge in [0.1, 0.15) is 5.82 Å². The van der Waals surface area contributed by atoms with Crippen LogP contribution in [0.3, 0.4) is 0 Å². The number of carbonyl (C=O) groups excluding carboxylic acids is 1. The predicted molar refractivity (Wildman–Crippen MR) is 73.6 cm³/mol. The topological polar surface area (TPSA) is 72.9 Å². The Morgan fingerprint density at radius 2 is 2.11 bits per heavy atom. The molecule has 0 aliphatic carbocycles. The first kappa shape index (κ1) is 13.3. The molecule has 1 amide bonds. The molecule has 0 saturated heterocycles. The van der Waals surface area contributed by atoms with Crippen molar-refractivity contribution in [2.45, 2.75) is 13.0 Å². The number of nitrogens with zero attached hydrogens (tertiary/aromatic N) is 2. The first-order valence-electron chi connectivity index (χ1n) is 6.24. The summed E-state index contributed by atoms with van der Waals surface area (Å²) in [6.07, 6.45) is 4.39. The number of imidazole rings is 1. The summed E-state index contributed by atoms with van der Waals surface area (Å²) >= 11 is 0. The van der Waals surface area contributed by atoms with Gasteiger partial charge in [-0.2, -0.15) is 0 Å². The molecule has 0 spiro atoms. The van der Waals surface area contributed by atoms with E-state index in [0.717, 1.165) is 17.8 Å². The van der Waals surface area contributed by atoms with Crippen molar-refractivity contribution in [3.05, 3.63) is 53.6 Å². The van der Waals surface area contributed by atoms with Crippen molar-refractivity contribution in [2.24, 2.45) is 12.8 Å². The second-order valence-electron chi connectivity index (χ2n) is 4.37. The van der Waals surface area contributed by atoms with Gasteiger partial charge < -0.3 is 15.6 Å². The average molecular weight is 258 g/mol. The fraction of sp³-hybridized carbons (Fsp3) is 0.286. The third-order valence-corrected chi connectivity index (χ3v) is 2.98. The van der Waals surface area contributed by atoms with Gasteiger partial charge in [0.15, 0.2) is 0 Å². The van der Waals surface area contributed by atoms with Crippen molar-refractivity contribution < 1.29 is 4.79 Å². The molecule has 2 rings (SSSR count). The lowest BCUT2D eigenvalue weighted by molar-refractivity contribution is 0.0949. The molecule has 3 N–H and O–H groups in total. The highest BCUT2D eigenvalue weighted by Gasteiger charge is 2.06. The number of nitrogens with one attached hydrogen (secondary N) is 1. The summed E-state index contributed by atoms with van der Waals surface area (Å²) in [6.45, 7) is 1.04. The molecule has 0 aliphatic heterocycles. The van der Waals surface area contributed by atoms with Crippen LogP contribution in [-0.2, 0) is 20.0 Å². The van der Waals surface area contributed by atoms with Crippen molar-refractivity contribution in [2.75, 3.05) is 6.54 Å². The van der Waals surface area contributed by atoms with E-state index in [1.165, 1.54) is 0 Å². The van der Waals surface area contributed by atoms with Gasteiger partial charge >= 0.3 is 0 Å². The second kappa shape index (κ2) is 6.15. The van der Waals surface area contributed by atoms with Crippen molar-refractivity contribution in [3.63, 3.8) is 0 Å². The molecule has 0 fully saturated rings. The van der Waals surface area contributed by atoms with Gasteiger partial charge in [0.25, 0.3) is 5.91 Å². The molecule has 2 aromatic rings. The first-order valence-corrected chi connectivity index (χ1v) is 6.24. The fourth-order valence-electron chi connectivity index (χ4n) is 1.82. The zero-order chi connectivity index (χ0) is 13.7. The van der Waals surface area contributed by atoms with E-state index in [2.05, 4.69) is 10.3 Å². The Bertz CT molecular complexity index is 545. The van der Waals surface area contributed by atoms with E-state index >= 15 is 0 Å². The molecule has 5 nitrogen and oxygen atoms in total. The van der Waals surface area contributed by atoms with Crippen LogP contribution in [0.1, 0.15) is 21.7 Å². The molecule has 5 heteroatoms. The van der Waals surface area contributed by atoms with E-state index < -0.39 is 0 Å². The Labute approximate surface area is 112 Å². The van der Waals surface area contributed by atoms with Gasteiger partial charge in [0.05, 0.1) is 6.54 Å². The standard InChI is InChI=1S/C14H18N4O/c1-18-9-8-16-13(18)10-17-14(19)12-4-2-11(3-5-12)6-7-15/h2-5,8-9H,6-7,10,15H2,1H3,(H,17,19). The number of aryl methyl sites for hydroxylation is 1. The molecule has 100 valence electrons. The summed E-state index contributed by atoms with van der Waals surface area (Å²) < 4.78 is 1.88. The Kier molecular flexibility index (Phi) is 4.30. The van der Waals surface area contributed by atoms with Crippen molar-refractivity contribution in [1.29, 1.82) is 0 Å². The summed E-state index contributed by atoms with van der Waals surface area (Å²) in [5.74, 6) is 0.732. The zero-order valence-electron chi connectivity index (χ0n) is 11.0. The van der Waals surface area contributed by atoms with Gasteiger partial charge in [0.2, 0.25) is 0 Å². The summed E-state index contributed by atoms with van der Waals surface area (Å²) in [6, 6.07) is 7.50. The summed E-state index contributed by atoms with van der Waals surface area (Å²) in [5.41, 5.74) is 7.28. The molecule has 1 aromatic carbocycles. The summed E-state index contributed by atoms with van der Waals surface area (Å²) in [4.78, 5) is 16.1. The Morgan fingerprint density at radius 1 is 1.37 bits per heavy atom. The van der Waals surface area contributed by atoms with Crippen LogP contribution < -0.4 is 11.1 Å². The van der Waals surface area contributed by atoms with Gasteiger partial charge in [-0.15, -0.1) is 0 Å². The minimum Gasteiger partial charge on any atom is -0.345 e. The minimum atomic E-state index is -0.0951. The van der Waals surface area contributed by atoms with E-state index in [-0.39, 0.29) is 5.91 Å². The quantitative estimate of drug-likeness (QED) is 0.835. The molecular weight excluding hydrogens is 240 g/mol. The van der Waals surface area contributed by atoms with Crippen molar-refractivity contribution >= 4 is 5.91 Å². The number of hydrogen-bond acceptors (Lipinski definition) is 3. The van der Waals surface area contributed by atoms with Gasteiger partial charge in [-0.05, 0) is 30.7 Å². The number of benzene rings is 1. The Balaban J connectivity index is 1.94. The van der Waals surface area contributed by atoms with Gasteiger partial charge in [-0.25, -0.2) is 4.98 Å². The Hall–Kier alpha value is -2.14. The van der Waals surface area contributed by atoms with Crippen LogP contribution in [0.4, 0.5) is 0 Å². The molecule has 0 aliphatic rings. The lowest BCUT2D eigenvalue weighted by atomic mass is 10.1. The van der Waals surface area contributed by atoms with Crippen LogP contribution in [-0.4, -0.2) is 22.0 Å². The lowest BCUT2D eigenvalue weighted by Crippen LogP contribution is -2.24. The minimum absolute atomic E-state index is 0.0951. The molecule has 19 heavy (non-hydrogen) atoms. The number of rotatable bonds is 5. The molecule has 0 saturated carbocycles. The van der Waals surface area contributed by atoms with Crippen molar-refractivity contribution in [1.82, 2.24) is 14.9 Å². The van der Waals surface area contributed by atoms with Gasteiger partial charge in [-0.3, -0.25) is 4.79 Å². The highest BCUT2D eigenvalue weighted by atomic mass is 16.1. The number of aromatic nitrogens is 2. The second-order valence-corrected chi connectivity index (χ2v) is 4.37. The van der Waals surface area contributed by atoms with Crippen LogP contribution in [0.5, 0.6) is 0 Å². The highest BCUT2D eigenvalue weighted by Crippen LogP contribution is 2.05. The SMILES string of the molecule is Cn1ccnc1CNC(=O)c1ccc(CCN)cc1. The monoisotopic (exact) mass is 258 g/mol. The number of nitrogens with two attached hydrogens (primary N) is 1. The maximum atomic E-state index is 11.9. The lowest BCUT2D eigenvalue weighted by Gasteiger charge is -2.06. The maximum absolute atomic E-state index is 11.9. The summed E-state index contributed by atoms with van der Waals surface area (Å²) in [5, 5.41) is 2.85. The number of carbonyl (C=O) groups is 1. The fourth-order valence-corrected chi connectivity index (χ4v) is 1.82. The largest absolute Gasteiger partial charge is 0.345 e. The van der Waals surface area contributed by atoms with Crippen molar-refractivity contribution in [3.8, 4) is 0 Å². The van der Waals surface area contributed by atoms with Crippen LogP contribution in [0.15, 0.2) is 36.7 Å². The molecule has 1 aromatic heterocycles. The van der Waals surface area contributed by atoms with Gasteiger partial charge in [-0.1, -0.05) is 12.1 Å².